The fraction of sp³-hybridized carbons (Fsp3) is 0.300. The van der Waals surface area contributed by atoms with Crippen LogP contribution in [0.2, 0.25) is 5.02 Å². The number of nitrogens with zero attached hydrogens (tertiary/aromatic N) is 1. The maximum Gasteiger partial charge on any atom is 0.255 e. The van der Waals surface area contributed by atoms with Crippen LogP contribution in [-0.2, 0) is 6.42 Å². The number of benzene rings is 3. The summed E-state index contributed by atoms with van der Waals surface area (Å²) in [6, 6.07) is 19.4. The van der Waals surface area contributed by atoms with E-state index in [4.69, 9.17) is 16.3 Å². The van der Waals surface area contributed by atoms with E-state index in [1.165, 1.54) is 22.1 Å². The lowest BCUT2D eigenvalue weighted by Crippen LogP contribution is -2.34. The van der Waals surface area contributed by atoms with Gasteiger partial charge in [0.05, 0.1) is 7.11 Å². The zero-order valence-electron chi connectivity index (χ0n) is 20.8. The molecule has 2 heterocycles. The number of likely N-dealkylation sites (tertiary alicyclic amines) is 1. The Morgan fingerprint density at radius 1 is 1.08 bits per heavy atom. The average molecular weight is 502 g/mol. The first kappa shape index (κ1) is 24.4. The number of halogens is 1. The van der Waals surface area contributed by atoms with Gasteiger partial charge in [-0.3, -0.25) is 4.79 Å². The molecule has 0 aliphatic carbocycles. The number of nitrogens with one attached hydrogen (secondary N) is 2. The normalized spacial score (nSPS) is 14.8. The number of hydrogen-bond donors (Lipinski definition) is 2. The molecule has 0 unspecified atom stereocenters. The van der Waals surface area contributed by atoms with Crippen molar-refractivity contribution in [3.8, 4) is 5.75 Å². The molecule has 0 radical (unpaired) electrons. The van der Waals surface area contributed by atoms with E-state index in [2.05, 4.69) is 52.6 Å². The minimum Gasteiger partial charge on any atom is -0.497 e. The van der Waals surface area contributed by atoms with Gasteiger partial charge >= 0.3 is 0 Å². The maximum absolute atomic E-state index is 12.7. The van der Waals surface area contributed by atoms with Crippen LogP contribution in [-0.4, -0.2) is 42.5 Å². The highest BCUT2D eigenvalue weighted by Crippen LogP contribution is 2.34. The number of ether oxygens (including phenoxy) is 1. The van der Waals surface area contributed by atoms with Crippen LogP contribution < -0.4 is 10.1 Å². The van der Waals surface area contributed by atoms with Gasteiger partial charge in [0.2, 0.25) is 0 Å². The van der Waals surface area contributed by atoms with Crippen LogP contribution in [0.1, 0.15) is 45.8 Å². The minimum atomic E-state index is -0.118. The topological polar surface area (TPSA) is 57.4 Å². The Kier molecular flexibility index (Phi) is 7.30. The number of carbonyl (C=O) groups is 1. The van der Waals surface area contributed by atoms with Crippen LogP contribution in [0.5, 0.6) is 5.75 Å². The van der Waals surface area contributed by atoms with Gasteiger partial charge in [0, 0.05) is 39.9 Å². The van der Waals surface area contributed by atoms with Crippen LogP contribution in [0.15, 0.2) is 66.9 Å². The lowest BCUT2D eigenvalue weighted by molar-refractivity contribution is 0.102. The molecule has 0 saturated carbocycles. The van der Waals surface area contributed by atoms with Crippen LogP contribution in [0.25, 0.3) is 10.9 Å². The van der Waals surface area contributed by atoms with Crippen molar-refractivity contribution in [2.45, 2.75) is 32.1 Å². The first-order valence-corrected chi connectivity index (χ1v) is 12.9. The van der Waals surface area contributed by atoms with E-state index in [-0.39, 0.29) is 5.91 Å². The number of aryl methyl sites for hydroxylation is 1. The Morgan fingerprint density at radius 3 is 2.61 bits per heavy atom. The highest BCUT2D eigenvalue weighted by molar-refractivity contribution is 6.31. The monoisotopic (exact) mass is 501 g/mol. The second kappa shape index (κ2) is 10.8. The van der Waals surface area contributed by atoms with E-state index < -0.39 is 0 Å². The standard InChI is InChI=1S/C30H32ClN3O2/c1-20-3-7-25(33-30(35)22-4-8-26(36-2)9-5-22)17-23(20)13-16-34-14-11-21(12-15-34)28-19-32-29-10-6-24(31)18-27(28)29/h3-10,17-19,21,32H,11-16H2,1-2H3,(H,33,35). The van der Waals surface area contributed by atoms with Crippen molar-refractivity contribution in [1.29, 1.82) is 0 Å². The Hall–Kier alpha value is -3.28. The zero-order valence-corrected chi connectivity index (χ0v) is 21.6. The molecule has 0 spiro atoms. The Morgan fingerprint density at radius 2 is 1.86 bits per heavy atom. The molecule has 4 aromatic rings. The number of aromatic amines is 1. The maximum atomic E-state index is 12.7. The summed E-state index contributed by atoms with van der Waals surface area (Å²) >= 11 is 6.25. The van der Waals surface area contributed by atoms with Crippen LogP contribution in [0, 0.1) is 6.92 Å². The van der Waals surface area contributed by atoms with Crippen LogP contribution in [0.3, 0.4) is 0 Å². The summed E-state index contributed by atoms with van der Waals surface area (Å²) in [5.41, 5.74) is 6.51. The molecule has 36 heavy (non-hydrogen) atoms. The van der Waals surface area contributed by atoms with Crippen LogP contribution >= 0.6 is 11.6 Å². The number of H-pyrrole nitrogens is 1. The van der Waals surface area contributed by atoms with Gasteiger partial charge in [0.25, 0.3) is 5.91 Å². The number of rotatable bonds is 7. The van der Waals surface area contributed by atoms with Crippen molar-refractivity contribution < 1.29 is 9.53 Å². The Bertz CT molecular complexity index is 1350. The molecular weight excluding hydrogens is 470 g/mol. The van der Waals surface area contributed by atoms with Gasteiger partial charge in [-0.05, 0) is 116 Å². The largest absolute Gasteiger partial charge is 0.497 e. The molecule has 1 aromatic heterocycles. The number of anilines is 1. The first-order valence-electron chi connectivity index (χ1n) is 12.5. The molecule has 0 bridgehead atoms. The molecule has 3 aromatic carbocycles. The summed E-state index contributed by atoms with van der Waals surface area (Å²) in [6.07, 6.45) is 5.43. The smallest absolute Gasteiger partial charge is 0.255 e. The van der Waals surface area contributed by atoms with Gasteiger partial charge in [-0.25, -0.2) is 0 Å². The molecule has 1 aliphatic rings. The summed E-state index contributed by atoms with van der Waals surface area (Å²) in [4.78, 5) is 18.6. The quantitative estimate of drug-likeness (QED) is 0.292. The lowest BCUT2D eigenvalue weighted by Gasteiger charge is -2.32. The van der Waals surface area contributed by atoms with Crippen molar-refractivity contribution >= 4 is 34.1 Å². The molecule has 186 valence electrons. The number of amides is 1. The van der Waals surface area contributed by atoms with E-state index >= 15 is 0 Å². The van der Waals surface area contributed by atoms with E-state index in [0.717, 1.165) is 60.9 Å². The Labute approximate surface area is 217 Å². The molecule has 0 atom stereocenters. The molecule has 1 amide bonds. The third-order valence-corrected chi connectivity index (χ3v) is 7.59. The summed E-state index contributed by atoms with van der Waals surface area (Å²) < 4.78 is 5.18. The SMILES string of the molecule is COc1ccc(C(=O)Nc2ccc(C)c(CCN3CCC(c4c[nH]c5ccc(Cl)cc45)CC3)c2)cc1. The number of fused-ring (bicyclic) bond motifs is 1. The molecule has 5 nitrogen and oxygen atoms in total. The number of aromatic nitrogens is 1. The average Bonchev–Trinajstić information content (AvgIpc) is 3.32. The van der Waals surface area contributed by atoms with Crippen LogP contribution in [0.4, 0.5) is 5.69 Å². The lowest BCUT2D eigenvalue weighted by atomic mass is 9.89. The van der Waals surface area contributed by atoms with E-state index in [0.29, 0.717) is 11.5 Å². The van der Waals surface area contributed by atoms with Gasteiger partial charge in [-0.2, -0.15) is 0 Å². The molecule has 1 saturated heterocycles. The molecule has 6 heteroatoms. The van der Waals surface area contributed by atoms with Gasteiger partial charge in [-0.15, -0.1) is 0 Å². The van der Waals surface area contributed by atoms with Gasteiger partial charge < -0.3 is 19.9 Å². The van der Waals surface area contributed by atoms with Crippen molar-refractivity contribution in [3.63, 3.8) is 0 Å². The summed E-state index contributed by atoms with van der Waals surface area (Å²) in [7, 11) is 1.62. The number of piperidine rings is 1. The van der Waals surface area contributed by atoms with Gasteiger partial charge in [-0.1, -0.05) is 17.7 Å². The Balaban J connectivity index is 1.17. The predicted molar refractivity (Wildman–Crippen MR) is 148 cm³/mol. The summed E-state index contributed by atoms with van der Waals surface area (Å²) in [5.74, 6) is 1.18. The molecular formula is C30H32ClN3O2. The van der Waals surface area contributed by atoms with Crippen molar-refractivity contribution in [3.05, 3.63) is 94.1 Å². The number of carbonyl (C=O) groups excluding carboxylic acids is 1. The van der Waals surface area contributed by atoms with Gasteiger partial charge in [0.1, 0.15) is 5.75 Å². The molecule has 5 rings (SSSR count). The van der Waals surface area contributed by atoms with Crippen molar-refractivity contribution in [2.24, 2.45) is 0 Å². The molecule has 2 N–H and O–H groups in total. The number of methoxy groups -OCH3 is 1. The summed E-state index contributed by atoms with van der Waals surface area (Å²) in [5, 5.41) is 5.08. The first-order chi connectivity index (χ1) is 17.5. The van der Waals surface area contributed by atoms with Crippen molar-refractivity contribution in [1.82, 2.24) is 9.88 Å². The molecule has 1 fully saturated rings. The van der Waals surface area contributed by atoms with E-state index in [1.54, 1.807) is 31.4 Å². The highest BCUT2D eigenvalue weighted by Gasteiger charge is 2.23. The third kappa shape index (κ3) is 5.43. The highest BCUT2D eigenvalue weighted by atomic mass is 35.5. The van der Waals surface area contributed by atoms with Crippen molar-refractivity contribution in [2.75, 3.05) is 32.1 Å². The fourth-order valence-electron chi connectivity index (χ4n) is 5.16. The fourth-order valence-corrected chi connectivity index (χ4v) is 5.33. The second-order valence-electron chi connectivity index (χ2n) is 9.62. The minimum absolute atomic E-state index is 0.118. The van der Waals surface area contributed by atoms with E-state index in [1.807, 2.05) is 12.1 Å². The van der Waals surface area contributed by atoms with Gasteiger partial charge in [0.15, 0.2) is 0 Å². The predicted octanol–water partition coefficient (Wildman–Crippen LogP) is 6.81. The zero-order chi connectivity index (χ0) is 25.1. The third-order valence-electron chi connectivity index (χ3n) is 7.36. The van der Waals surface area contributed by atoms with E-state index in [9.17, 15) is 4.79 Å². The summed E-state index contributed by atoms with van der Waals surface area (Å²) in [6.45, 7) is 5.33. The second-order valence-corrected chi connectivity index (χ2v) is 10.1. The number of hydrogen-bond acceptors (Lipinski definition) is 3. The molecule has 1 aliphatic heterocycles.